The van der Waals surface area contributed by atoms with Crippen LogP contribution in [0.25, 0.3) is 0 Å². The van der Waals surface area contributed by atoms with Crippen LogP contribution in [-0.4, -0.2) is 37.2 Å². The van der Waals surface area contributed by atoms with Crippen molar-refractivity contribution < 1.29 is 9.13 Å². The number of methoxy groups -OCH3 is 1. The Hall–Kier alpha value is -1.29. The van der Waals surface area contributed by atoms with Crippen LogP contribution < -0.4 is 10.1 Å². The van der Waals surface area contributed by atoms with Crippen LogP contribution in [0.15, 0.2) is 18.2 Å². The standard InChI is InChI=1S/C14H21FN2O/c1-10(2)17-7-6-12(9-17)16-11-4-5-14(18-3)13(15)8-11/h4-5,8,10,12,16H,6-7,9H2,1-3H3. The molecule has 1 aliphatic heterocycles. The molecule has 0 spiro atoms. The molecule has 1 atom stereocenters. The van der Waals surface area contributed by atoms with Gasteiger partial charge in [-0.15, -0.1) is 0 Å². The van der Waals surface area contributed by atoms with Gasteiger partial charge >= 0.3 is 0 Å². The molecule has 1 fully saturated rings. The number of nitrogens with zero attached hydrogens (tertiary/aromatic N) is 1. The zero-order valence-corrected chi connectivity index (χ0v) is 11.2. The van der Waals surface area contributed by atoms with Gasteiger partial charge in [-0.25, -0.2) is 4.39 Å². The summed E-state index contributed by atoms with van der Waals surface area (Å²) in [6, 6.07) is 5.99. The van der Waals surface area contributed by atoms with Crippen molar-refractivity contribution in [1.82, 2.24) is 4.90 Å². The maximum atomic E-state index is 13.6. The molecule has 0 bridgehead atoms. The summed E-state index contributed by atoms with van der Waals surface area (Å²) < 4.78 is 18.5. The van der Waals surface area contributed by atoms with E-state index in [1.807, 2.05) is 6.07 Å². The Morgan fingerprint density at radius 3 is 2.78 bits per heavy atom. The molecule has 1 aromatic rings. The Kier molecular flexibility index (Phi) is 4.07. The molecule has 1 aliphatic rings. The summed E-state index contributed by atoms with van der Waals surface area (Å²) in [6.07, 6.45) is 1.10. The first-order chi connectivity index (χ1) is 8.60. The van der Waals surface area contributed by atoms with Crippen molar-refractivity contribution in [2.45, 2.75) is 32.4 Å². The van der Waals surface area contributed by atoms with Crippen LogP contribution in [0.2, 0.25) is 0 Å². The van der Waals surface area contributed by atoms with Crippen LogP contribution in [0, 0.1) is 5.82 Å². The van der Waals surface area contributed by atoms with E-state index in [2.05, 4.69) is 24.1 Å². The molecule has 100 valence electrons. The summed E-state index contributed by atoms with van der Waals surface area (Å²) in [7, 11) is 1.48. The number of rotatable bonds is 4. The van der Waals surface area contributed by atoms with E-state index in [1.165, 1.54) is 13.2 Å². The van der Waals surface area contributed by atoms with Crippen LogP contribution >= 0.6 is 0 Å². The third-order valence-corrected chi connectivity index (χ3v) is 3.47. The lowest BCUT2D eigenvalue weighted by Gasteiger charge is -2.21. The first kappa shape index (κ1) is 13.1. The fraction of sp³-hybridized carbons (Fsp3) is 0.571. The molecule has 1 saturated heterocycles. The molecule has 3 nitrogen and oxygen atoms in total. The van der Waals surface area contributed by atoms with Gasteiger partial charge in [-0.05, 0) is 32.4 Å². The second-order valence-corrected chi connectivity index (χ2v) is 5.07. The number of likely N-dealkylation sites (tertiary alicyclic amines) is 1. The predicted molar refractivity (Wildman–Crippen MR) is 71.7 cm³/mol. The van der Waals surface area contributed by atoms with Gasteiger partial charge in [0.1, 0.15) is 0 Å². The molecule has 0 radical (unpaired) electrons. The van der Waals surface area contributed by atoms with Crippen LogP contribution in [0.1, 0.15) is 20.3 Å². The minimum absolute atomic E-state index is 0.288. The first-order valence-corrected chi connectivity index (χ1v) is 6.44. The van der Waals surface area contributed by atoms with Gasteiger partial charge in [0.15, 0.2) is 11.6 Å². The highest BCUT2D eigenvalue weighted by Gasteiger charge is 2.23. The largest absolute Gasteiger partial charge is 0.494 e. The molecule has 1 N–H and O–H groups in total. The Balaban J connectivity index is 1.96. The Labute approximate surface area is 108 Å². The second kappa shape index (κ2) is 5.57. The average Bonchev–Trinajstić information content (AvgIpc) is 2.78. The van der Waals surface area contributed by atoms with Crippen molar-refractivity contribution in [1.29, 1.82) is 0 Å². The Morgan fingerprint density at radius 1 is 1.44 bits per heavy atom. The number of ether oxygens (including phenoxy) is 1. The second-order valence-electron chi connectivity index (χ2n) is 5.07. The third-order valence-electron chi connectivity index (χ3n) is 3.47. The van der Waals surface area contributed by atoms with Crippen LogP contribution in [-0.2, 0) is 0 Å². The lowest BCUT2D eigenvalue weighted by atomic mass is 10.2. The van der Waals surface area contributed by atoms with Crippen LogP contribution in [0.5, 0.6) is 5.75 Å². The summed E-state index contributed by atoms with van der Waals surface area (Å²) in [5.74, 6) is -0.0306. The number of hydrogen-bond acceptors (Lipinski definition) is 3. The van der Waals surface area contributed by atoms with E-state index >= 15 is 0 Å². The fourth-order valence-electron chi connectivity index (χ4n) is 2.37. The van der Waals surface area contributed by atoms with Gasteiger partial charge in [-0.2, -0.15) is 0 Å². The molecule has 2 rings (SSSR count). The smallest absolute Gasteiger partial charge is 0.167 e. The normalized spacial score (nSPS) is 20.4. The van der Waals surface area contributed by atoms with E-state index in [9.17, 15) is 4.39 Å². The minimum atomic E-state index is -0.318. The maximum Gasteiger partial charge on any atom is 0.167 e. The van der Waals surface area contributed by atoms with Gasteiger partial charge < -0.3 is 10.1 Å². The molecule has 18 heavy (non-hydrogen) atoms. The van der Waals surface area contributed by atoms with Crippen molar-refractivity contribution in [3.63, 3.8) is 0 Å². The number of nitrogens with one attached hydrogen (secondary N) is 1. The number of benzene rings is 1. The van der Waals surface area contributed by atoms with E-state index < -0.39 is 0 Å². The fourth-order valence-corrected chi connectivity index (χ4v) is 2.37. The molecule has 0 aliphatic carbocycles. The minimum Gasteiger partial charge on any atom is -0.494 e. The van der Waals surface area contributed by atoms with Crippen molar-refractivity contribution in [3.05, 3.63) is 24.0 Å². The highest BCUT2D eigenvalue weighted by molar-refractivity contribution is 5.48. The summed E-state index contributed by atoms with van der Waals surface area (Å²) in [6.45, 7) is 6.53. The van der Waals surface area contributed by atoms with E-state index in [4.69, 9.17) is 4.74 Å². The highest BCUT2D eigenvalue weighted by atomic mass is 19.1. The molecule has 0 saturated carbocycles. The third kappa shape index (κ3) is 2.93. The first-order valence-electron chi connectivity index (χ1n) is 6.44. The van der Waals surface area contributed by atoms with E-state index in [-0.39, 0.29) is 11.6 Å². The van der Waals surface area contributed by atoms with Crippen LogP contribution in [0.4, 0.5) is 10.1 Å². The maximum absolute atomic E-state index is 13.6. The molecule has 1 heterocycles. The SMILES string of the molecule is COc1ccc(NC2CCN(C(C)C)C2)cc1F. The van der Waals surface area contributed by atoms with Gasteiger partial charge in [0.25, 0.3) is 0 Å². The number of anilines is 1. The zero-order valence-electron chi connectivity index (χ0n) is 11.2. The Bertz CT molecular complexity index is 409. The van der Waals surface area contributed by atoms with Crippen molar-refractivity contribution in [3.8, 4) is 5.75 Å². The molecule has 0 amide bonds. The van der Waals surface area contributed by atoms with E-state index in [0.717, 1.165) is 25.2 Å². The van der Waals surface area contributed by atoms with Gasteiger partial charge in [-0.1, -0.05) is 0 Å². The molecular weight excluding hydrogens is 231 g/mol. The summed E-state index contributed by atoms with van der Waals surface area (Å²) in [5, 5.41) is 3.38. The Morgan fingerprint density at radius 2 is 2.22 bits per heavy atom. The number of hydrogen-bond donors (Lipinski definition) is 1. The highest BCUT2D eigenvalue weighted by Crippen LogP contribution is 2.23. The number of halogens is 1. The van der Waals surface area contributed by atoms with Crippen molar-refractivity contribution >= 4 is 5.69 Å². The molecule has 4 heteroatoms. The topological polar surface area (TPSA) is 24.5 Å². The monoisotopic (exact) mass is 252 g/mol. The molecule has 0 aromatic heterocycles. The summed E-state index contributed by atoms with van der Waals surface area (Å²) in [4.78, 5) is 2.43. The summed E-state index contributed by atoms with van der Waals surface area (Å²) >= 11 is 0. The zero-order chi connectivity index (χ0) is 13.1. The average molecular weight is 252 g/mol. The lowest BCUT2D eigenvalue weighted by molar-refractivity contribution is 0.274. The van der Waals surface area contributed by atoms with Gasteiger partial charge in [0.05, 0.1) is 7.11 Å². The lowest BCUT2D eigenvalue weighted by Crippen LogP contribution is -2.31. The van der Waals surface area contributed by atoms with Crippen molar-refractivity contribution in [2.24, 2.45) is 0 Å². The van der Waals surface area contributed by atoms with Crippen LogP contribution in [0.3, 0.4) is 0 Å². The quantitative estimate of drug-likeness (QED) is 0.891. The van der Waals surface area contributed by atoms with Gasteiger partial charge in [0.2, 0.25) is 0 Å². The summed E-state index contributed by atoms with van der Waals surface area (Å²) in [5.41, 5.74) is 0.823. The van der Waals surface area contributed by atoms with Crippen molar-refractivity contribution in [2.75, 3.05) is 25.5 Å². The van der Waals surface area contributed by atoms with Gasteiger partial charge in [0, 0.05) is 36.9 Å². The molecule has 1 aromatic carbocycles. The molecular formula is C14H21FN2O. The van der Waals surface area contributed by atoms with Gasteiger partial charge in [-0.3, -0.25) is 4.90 Å². The predicted octanol–water partition coefficient (Wildman–Crippen LogP) is 2.73. The van der Waals surface area contributed by atoms with E-state index in [0.29, 0.717) is 12.1 Å². The van der Waals surface area contributed by atoms with E-state index in [1.54, 1.807) is 6.07 Å². The molecule has 1 unspecified atom stereocenters.